The van der Waals surface area contributed by atoms with Crippen LogP contribution in [0.1, 0.15) is 28.9 Å². The van der Waals surface area contributed by atoms with Crippen molar-refractivity contribution in [3.8, 4) is 0 Å². The van der Waals surface area contributed by atoms with E-state index in [1.807, 2.05) is 24.3 Å². The van der Waals surface area contributed by atoms with Crippen LogP contribution in [0.2, 0.25) is 0 Å². The minimum Gasteiger partial charge on any atom is -0.356 e. The highest BCUT2D eigenvalue weighted by Crippen LogP contribution is 2.21. The van der Waals surface area contributed by atoms with Crippen molar-refractivity contribution >= 4 is 17.4 Å². The number of nitrogens with one attached hydrogen (secondary N) is 1. The largest absolute Gasteiger partial charge is 0.356 e. The van der Waals surface area contributed by atoms with Crippen LogP contribution in [0.25, 0.3) is 5.65 Å². The fourth-order valence-electron chi connectivity index (χ4n) is 2.96. The molecule has 0 unspecified atom stereocenters. The molecule has 7 heteroatoms. The van der Waals surface area contributed by atoms with Gasteiger partial charge >= 0.3 is 0 Å². The van der Waals surface area contributed by atoms with Crippen molar-refractivity contribution in [2.75, 3.05) is 18.0 Å². The second kappa shape index (κ2) is 6.27. The number of hydrogen-bond donors (Lipinski definition) is 1. The molecule has 0 aliphatic carbocycles. The number of amides is 1. The first-order valence-corrected chi connectivity index (χ1v) is 8.08. The van der Waals surface area contributed by atoms with Gasteiger partial charge in [-0.1, -0.05) is 6.07 Å². The van der Waals surface area contributed by atoms with Gasteiger partial charge in [-0.15, -0.1) is 0 Å². The van der Waals surface area contributed by atoms with E-state index in [1.165, 1.54) is 0 Å². The summed E-state index contributed by atoms with van der Waals surface area (Å²) in [6.07, 6.45) is 7.48. The number of carbonyl (C=O) groups is 1. The molecule has 7 nitrogen and oxygen atoms in total. The third-order valence-corrected chi connectivity index (χ3v) is 4.18. The first-order chi connectivity index (χ1) is 11.8. The van der Waals surface area contributed by atoms with E-state index in [-0.39, 0.29) is 5.91 Å². The summed E-state index contributed by atoms with van der Waals surface area (Å²) in [5, 5.41) is 7.23. The van der Waals surface area contributed by atoms with Gasteiger partial charge in [0.25, 0.3) is 5.91 Å². The number of carbonyl (C=O) groups excluding carboxylic acids is 1. The zero-order valence-electron chi connectivity index (χ0n) is 13.2. The highest BCUT2D eigenvalue weighted by atomic mass is 16.1. The summed E-state index contributed by atoms with van der Waals surface area (Å²) in [5.74, 6) is 0.733. The summed E-state index contributed by atoms with van der Waals surface area (Å²) in [7, 11) is 0. The van der Waals surface area contributed by atoms with E-state index in [1.54, 1.807) is 23.1 Å². The lowest BCUT2D eigenvalue weighted by molar-refractivity contribution is 0.0946. The van der Waals surface area contributed by atoms with E-state index in [9.17, 15) is 4.79 Å². The molecule has 1 aliphatic rings. The molecule has 122 valence electrons. The standard InChI is InChI=1S/C17H18N6O/c24-17(19-12-13-4-3-6-18-11-13)14-10-16(22-8-1-2-9-22)23-15(21-14)5-7-20-23/h3-7,10-11H,1-2,8-9,12H2,(H,19,24). The lowest BCUT2D eigenvalue weighted by Crippen LogP contribution is -2.26. The van der Waals surface area contributed by atoms with Gasteiger partial charge in [-0.3, -0.25) is 9.78 Å². The minimum atomic E-state index is -0.192. The lowest BCUT2D eigenvalue weighted by Gasteiger charge is -2.19. The number of aromatic nitrogens is 4. The lowest BCUT2D eigenvalue weighted by atomic mass is 10.2. The van der Waals surface area contributed by atoms with E-state index in [4.69, 9.17) is 0 Å². The molecule has 0 spiro atoms. The molecule has 3 aromatic heterocycles. The van der Waals surface area contributed by atoms with E-state index in [2.05, 4.69) is 25.3 Å². The number of anilines is 1. The molecule has 1 saturated heterocycles. The Balaban J connectivity index is 1.60. The van der Waals surface area contributed by atoms with Crippen LogP contribution in [0.15, 0.2) is 42.9 Å². The molecule has 1 N–H and O–H groups in total. The first-order valence-electron chi connectivity index (χ1n) is 8.08. The second-order valence-corrected chi connectivity index (χ2v) is 5.84. The quantitative estimate of drug-likeness (QED) is 0.790. The van der Waals surface area contributed by atoms with Crippen molar-refractivity contribution in [2.24, 2.45) is 0 Å². The van der Waals surface area contributed by atoms with Crippen molar-refractivity contribution in [1.82, 2.24) is 24.9 Å². The van der Waals surface area contributed by atoms with Gasteiger partial charge < -0.3 is 10.2 Å². The highest BCUT2D eigenvalue weighted by molar-refractivity contribution is 5.93. The van der Waals surface area contributed by atoms with Crippen LogP contribution in [0.3, 0.4) is 0 Å². The molecular formula is C17H18N6O. The third-order valence-electron chi connectivity index (χ3n) is 4.18. The maximum absolute atomic E-state index is 12.5. The zero-order valence-corrected chi connectivity index (χ0v) is 13.2. The van der Waals surface area contributed by atoms with Gasteiger partial charge in [-0.05, 0) is 24.5 Å². The molecule has 0 radical (unpaired) electrons. The van der Waals surface area contributed by atoms with Gasteiger partial charge in [0.1, 0.15) is 11.5 Å². The van der Waals surface area contributed by atoms with Crippen LogP contribution in [0, 0.1) is 0 Å². The Hall–Kier alpha value is -2.96. The van der Waals surface area contributed by atoms with Crippen LogP contribution in [0.5, 0.6) is 0 Å². The summed E-state index contributed by atoms with van der Waals surface area (Å²) in [6, 6.07) is 7.42. The smallest absolute Gasteiger partial charge is 0.270 e. The predicted octanol–water partition coefficient (Wildman–Crippen LogP) is 1.65. The average Bonchev–Trinajstić information content (AvgIpc) is 3.31. The van der Waals surface area contributed by atoms with Crippen LogP contribution in [-0.2, 0) is 6.54 Å². The summed E-state index contributed by atoms with van der Waals surface area (Å²) in [5.41, 5.74) is 2.05. The maximum Gasteiger partial charge on any atom is 0.270 e. The van der Waals surface area contributed by atoms with Crippen molar-refractivity contribution in [3.63, 3.8) is 0 Å². The number of pyridine rings is 1. The van der Waals surface area contributed by atoms with Crippen LogP contribution < -0.4 is 10.2 Å². The maximum atomic E-state index is 12.5. The zero-order chi connectivity index (χ0) is 16.4. The Morgan fingerprint density at radius 3 is 2.88 bits per heavy atom. The van der Waals surface area contributed by atoms with Gasteiger partial charge in [0.05, 0.1) is 6.20 Å². The molecule has 4 rings (SSSR count). The number of hydrogen-bond acceptors (Lipinski definition) is 5. The van der Waals surface area contributed by atoms with Gasteiger partial charge in [-0.25, -0.2) is 4.98 Å². The van der Waals surface area contributed by atoms with Gasteiger partial charge in [0.2, 0.25) is 0 Å². The Morgan fingerprint density at radius 1 is 1.21 bits per heavy atom. The molecule has 1 aliphatic heterocycles. The van der Waals surface area contributed by atoms with Crippen molar-refractivity contribution < 1.29 is 4.79 Å². The topological polar surface area (TPSA) is 75.4 Å². The Labute approximate surface area is 139 Å². The fraction of sp³-hybridized carbons (Fsp3) is 0.294. The molecule has 4 heterocycles. The summed E-state index contributed by atoms with van der Waals surface area (Å²) < 4.78 is 1.79. The number of nitrogens with zero attached hydrogens (tertiary/aromatic N) is 5. The molecular weight excluding hydrogens is 304 g/mol. The SMILES string of the molecule is O=C(NCc1cccnc1)c1cc(N2CCCC2)n2nccc2n1. The molecule has 0 bridgehead atoms. The molecule has 0 aromatic carbocycles. The van der Waals surface area contributed by atoms with Crippen molar-refractivity contribution in [2.45, 2.75) is 19.4 Å². The normalized spacial score (nSPS) is 14.2. The third kappa shape index (κ3) is 2.80. The van der Waals surface area contributed by atoms with E-state index >= 15 is 0 Å². The fourth-order valence-corrected chi connectivity index (χ4v) is 2.96. The Bertz CT molecular complexity index is 854. The van der Waals surface area contributed by atoms with Crippen molar-refractivity contribution in [1.29, 1.82) is 0 Å². The van der Waals surface area contributed by atoms with E-state index < -0.39 is 0 Å². The highest BCUT2D eigenvalue weighted by Gasteiger charge is 2.19. The van der Waals surface area contributed by atoms with Gasteiger partial charge in [0, 0.05) is 44.2 Å². The predicted molar refractivity (Wildman–Crippen MR) is 89.8 cm³/mol. The minimum absolute atomic E-state index is 0.192. The van der Waals surface area contributed by atoms with Gasteiger partial charge in [0.15, 0.2) is 5.65 Å². The van der Waals surface area contributed by atoms with Crippen LogP contribution >= 0.6 is 0 Å². The van der Waals surface area contributed by atoms with Crippen LogP contribution in [0.4, 0.5) is 5.82 Å². The molecule has 3 aromatic rings. The average molecular weight is 322 g/mol. The first kappa shape index (κ1) is 14.6. The number of rotatable bonds is 4. The molecule has 1 fully saturated rings. The van der Waals surface area contributed by atoms with Crippen LogP contribution in [-0.4, -0.2) is 38.6 Å². The second-order valence-electron chi connectivity index (χ2n) is 5.84. The van der Waals surface area contributed by atoms with E-state index in [0.717, 1.165) is 37.3 Å². The Morgan fingerprint density at radius 2 is 2.08 bits per heavy atom. The van der Waals surface area contributed by atoms with Crippen molar-refractivity contribution in [3.05, 3.63) is 54.1 Å². The molecule has 0 atom stereocenters. The molecule has 24 heavy (non-hydrogen) atoms. The van der Waals surface area contributed by atoms with E-state index in [0.29, 0.717) is 17.9 Å². The monoisotopic (exact) mass is 322 g/mol. The summed E-state index contributed by atoms with van der Waals surface area (Å²) in [4.78, 5) is 23.2. The summed E-state index contributed by atoms with van der Waals surface area (Å²) in [6.45, 7) is 2.39. The molecule has 1 amide bonds. The Kier molecular flexibility index (Phi) is 3.82. The summed E-state index contributed by atoms with van der Waals surface area (Å²) >= 11 is 0. The van der Waals surface area contributed by atoms with Gasteiger partial charge in [-0.2, -0.15) is 9.61 Å². The molecule has 0 saturated carbocycles. The number of fused-ring (bicyclic) bond motifs is 1.